The molecule has 2 aromatic rings. The third-order valence-corrected chi connectivity index (χ3v) is 3.90. The number of thiophene rings is 1. The maximum Gasteiger partial charge on any atom is 0.228 e. The maximum atomic E-state index is 8.94. The second-order valence-corrected chi connectivity index (χ2v) is 5.17. The number of aliphatic hydroxyl groups is 1. The van der Waals surface area contributed by atoms with E-state index in [0.29, 0.717) is 19.8 Å². The highest BCUT2D eigenvalue weighted by Crippen LogP contribution is 2.28. The van der Waals surface area contributed by atoms with Crippen LogP contribution in [0.15, 0.2) is 11.4 Å². The largest absolute Gasteiger partial charge is 0.395 e. The Morgan fingerprint density at radius 2 is 2.21 bits per heavy atom. The Balaban J connectivity index is 1.95. The van der Waals surface area contributed by atoms with Gasteiger partial charge in [-0.15, -0.1) is 11.3 Å². The molecule has 0 unspecified atom stereocenters. The van der Waals surface area contributed by atoms with Gasteiger partial charge in [0, 0.05) is 19.6 Å². The number of nitrogens with one attached hydrogen (secondary N) is 1. The van der Waals surface area contributed by atoms with E-state index in [2.05, 4.69) is 20.2 Å². The molecule has 0 saturated carbocycles. The van der Waals surface area contributed by atoms with Crippen molar-refractivity contribution < 1.29 is 9.84 Å². The van der Waals surface area contributed by atoms with Gasteiger partial charge < -0.3 is 20.1 Å². The van der Waals surface area contributed by atoms with E-state index in [4.69, 9.17) is 9.84 Å². The molecule has 19 heavy (non-hydrogen) atoms. The lowest BCUT2D eigenvalue weighted by Crippen LogP contribution is -2.37. The fraction of sp³-hybridized carbons (Fsp3) is 0.500. The zero-order valence-corrected chi connectivity index (χ0v) is 11.3. The summed E-state index contributed by atoms with van der Waals surface area (Å²) in [6, 6.07) is 2.00. The molecule has 1 aliphatic heterocycles. The molecule has 6 nitrogen and oxygen atoms in total. The summed E-state index contributed by atoms with van der Waals surface area (Å²) in [5.74, 6) is 1.53. The lowest BCUT2D eigenvalue weighted by molar-refractivity contribution is 0.122. The molecule has 7 heteroatoms. The fourth-order valence-corrected chi connectivity index (χ4v) is 2.85. The Kier molecular flexibility index (Phi) is 3.77. The van der Waals surface area contributed by atoms with Crippen molar-refractivity contribution in [2.75, 3.05) is 49.7 Å². The second-order valence-electron chi connectivity index (χ2n) is 4.26. The highest BCUT2D eigenvalue weighted by molar-refractivity contribution is 7.17. The van der Waals surface area contributed by atoms with Crippen LogP contribution in [0.1, 0.15) is 0 Å². The zero-order valence-electron chi connectivity index (χ0n) is 10.5. The van der Waals surface area contributed by atoms with Crippen molar-refractivity contribution in [3.8, 4) is 0 Å². The van der Waals surface area contributed by atoms with Crippen LogP contribution in [0.2, 0.25) is 0 Å². The molecule has 2 aromatic heterocycles. The van der Waals surface area contributed by atoms with Crippen molar-refractivity contribution in [3.05, 3.63) is 11.4 Å². The van der Waals surface area contributed by atoms with E-state index in [1.54, 1.807) is 11.3 Å². The molecule has 3 heterocycles. The summed E-state index contributed by atoms with van der Waals surface area (Å²) in [6.07, 6.45) is 0. The van der Waals surface area contributed by atoms with Crippen molar-refractivity contribution in [2.24, 2.45) is 0 Å². The van der Waals surface area contributed by atoms with Gasteiger partial charge in [0.1, 0.15) is 5.82 Å². The molecule has 102 valence electrons. The molecule has 0 radical (unpaired) electrons. The van der Waals surface area contributed by atoms with Crippen LogP contribution in [0.5, 0.6) is 0 Å². The summed E-state index contributed by atoms with van der Waals surface area (Å²) in [4.78, 5) is 11.3. The van der Waals surface area contributed by atoms with Crippen molar-refractivity contribution in [2.45, 2.75) is 0 Å². The van der Waals surface area contributed by atoms with Crippen LogP contribution < -0.4 is 10.2 Å². The summed E-state index contributed by atoms with van der Waals surface area (Å²) in [6.45, 7) is 3.63. The van der Waals surface area contributed by atoms with Gasteiger partial charge in [-0.25, -0.2) is 4.98 Å². The summed E-state index contributed by atoms with van der Waals surface area (Å²) in [5.41, 5.74) is 0.946. The Labute approximate surface area is 115 Å². The third kappa shape index (κ3) is 2.63. The van der Waals surface area contributed by atoms with E-state index in [1.165, 1.54) is 0 Å². The van der Waals surface area contributed by atoms with E-state index >= 15 is 0 Å². The predicted molar refractivity (Wildman–Crippen MR) is 76.0 cm³/mol. The van der Waals surface area contributed by atoms with Crippen LogP contribution in [0.4, 0.5) is 11.8 Å². The van der Waals surface area contributed by atoms with Gasteiger partial charge in [-0.1, -0.05) is 0 Å². The molecular formula is C12H16N4O2S. The first kappa shape index (κ1) is 12.6. The van der Waals surface area contributed by atoms with Crippen LogP contribution in [0.3, 0.4) is 0 Å². The lowest BCUT2D eigenvalue weighted by atomic mass is 10.4. The van der Waals surface area contributed by atoms with Crippen LogP contribution in [-0.4, -0.2) is 54.5 Å². The number of aromatic nitrogens is 2. The second kappa shape index (κ2) is 5.68. The van der Waals surface area contributed by atoms with Crippen molar-refractivity contribution in [1.29, 1.82) is 0 Å². The molecule has 0 atom stereocenters. The highest BCUT2D eigenvalue weighted by Gasteiger charge is 2.16. The lowest BCUT2D eigenvalue weighted by Gasteiger charge is -2.27. The van der Waals surface area contributed by atoms with Gasteiger partial charge >= 0.3 is 0 Å². The monoisotopic (exact) mass is 280 g/mol. The van der Waals surface area contributed by atoms with Crippen molar-refractivity contribution in [3.63, 3.8) is 0 Å². The number of hydrogen-bond donors (Lipinski definition) is 2. The minimum absolute atomic E-state index is 0.0871. The molecule has 0 spiro atoms. The molecule has 2 N–H and O–H groups in total. The molecule has 3 rings (SSSR count). The molecular weight excluding hydrogens is 264 g/mol. The summed E-state index contributed by atoms with van der Waals surface area (Å²) >= 11 is 1.61. The average Bonchev–Trinajstić information content (AvgIpc) is 2.94. The summed E-state index contributed by atoms with van der Waals surface area (Å²) in [7, 11) is 0. The number of fused-ring (bicyclic) bond motifs is 1. The quantitative estimate of drug-likeness (QED) is 0.868. The number of aliphatic hydroxyl groups excluding tert-OH is 1. The Morgan fingerprint density at radius 1 is 1.37 bits per heavy atom. The van der Waals surface area contributed by atoms with Crippen LogP contribution in [-0.2, 0) is 4.74 Å². The number of hydrogen-bond acceptors (Lipinski definition) is 7. The van der Waals surface area contributed by atoms with Crippen LogP contribution >= 0.6 is 11.3 Å². The van der Waals surface area contributed by atoms with Crippen molar-refractivity contribution in [1.82, 2.24) is 9.97 Å². The van der Waals surface area contributed by atoms with Gasteiger partial charge in [-0.2, -0.15) is 4.98 Å². The molecule has 1 saturated heterocycles. The van der Waals surface area contributed by atoms with Gasteiger partial charge in [0.05, 0.1) is 30.0 Å². The normalized spacial score (nSPS) is 15.9. The van der Waals surface area contributed by atoms with Crippen LogP contribution in [0.25, 0.3) is 10.2 Å². The highest BCUT2D eigenvalue weighted by atomic mass is 32.1. The third-order valence-electron chi connectivity index (χ3n) is 2.99. The SMILES string of the molecule is OCCNc1nc(N2CCOCC2)nc2ccsc12. The van der Waals surface area contributed by atoms with E-state index in [-0.39, 0.29) is 6.61 Å². The number of morpholine rings is 1. The number of rotatable bonds is 4. The first-order valence-corrected chi connectivity index (χ1v) is 7.19. The van der Waals surface area contributed by atoms with Crippen LogP contribution in [0, 0.1) is 0 Å². The van der Waals surface area contributed by atoms with E-state index < -0.39 is 0 Å². The van der Waals surface area contributed by atoms with Gasteiger partial charge in [0.25, 0.3) is 0 Å². The first-order chi connectivity index (χ1) is 9.38. The van der Waals surface area contributed by atoms with Gasteiger partial charge in [-0.05, 0) is 11.4 Å². The molecule has 0 amide bonds. The number of ether oxygens (including phenoxy) is 1. The summed E-state index contributed by atoms with van der Waals surface area (Å²) in [5, 5.41) is 14.1. The number of anilines is 2. The Hall–Kier alpha value is -1.44. The molecule has 0 aromatic carbocycles. The maximum absolute atomic E-state index is 8.94. The standard InChI is InChI=1S/C12H16N4O2S/c17-5-2-13-11-10-9(1-8-19-10)14-12(15-11)16-3-6-18-7-4-16/h1,8,17H,2-7H2,(H,13,14,15). The fourth-order valence-electron chi connectivity index (χ4n) is 2.05. The van der Waals surface area contributed by atoms with Gasteiger partial charge in [-0.3, -0.25) is 0 Å². The van der Waals surface area contributed by atoms with Gasteiger partial charge in [0.15, 0.2) is 0 Å². The average molecular weight is 280 g/mol. The molecule has 0 bridgehead atoms. The summed E-state index contributed by atoms with van der Waals surface area (Å²) < 4.78 is 6.38. The Bertz CT molecular complexity index is 554. The molecule has 0 aliphatic carbocycles. The Morgan fingerprint density at radius 3 is 3.00 bits per heavy atom. The predicted octanol–water partition coefficient (Wildman–Crippen LogP) is 0.932. The van der Waals surface area contributed by atoms with E-state index in [9.17, 15) is 0 Å². The first-order valence-electron chi connectivity index (χ1n) is 6.31. The van der Waals surface area contributed by atoms with E-state index in [0.717, 1.165) is 35.1 Å². The van der Waals surface area contributed by atoms with Crippen molar-refractivity contribution >= 4 is 33.3 Å². The minimum Gasteiger partial charge on any atom is -0.395 e. The number of nitrogens with zero attached hydrogens (tertiary/aromatic N) is 3. The molecule has 1 aliphatic rings. The molecule has 1 fully saturated rings. The topological polar surface area (TPSA) is 70.5 Å². The van der Waals surface area contributed by atoms with E-state index in [1.807, 2.05) is 11.4 Å². The van der Waals surface area contributed by atoms with Gasteiger partial charge in [0.2, 0.25) is 5.95 Å². The zero-order chi connectivity index (χ0) is 13.1. The smallest absolute Gasteiger partial charge is 0.228 e. The minimum atomic E-state index is 0.0871.